The van der Waals surface area contributed by atoms with E-state index >= 15 is 0 Å². The second-order valence-electron chi connectivity index (χ2n) is 6.73. The molecule has 0 bridgehead atoms. The Morgan fingerprint density at radius 2 is 1.81 bits per heavy atom. The van der Waals surface area contributed by atoms with E-state index in [0.717, 1.165) is 34.6 Å². The largest absolute Gasteiger partial charge is 0.357 e. The Morgan fingerprint density at radius 1 is 1.00 bits per heavy atom. The molecule has 0 unspecified atom stereocenters. The average Bonchev–Trinajstić information content (AvgIpc) is 3.16. The van der Waals surface area contributed by atoms with Crippen LogP contribution in [-0.2, 0) is 13.0 Å². The summed E-state index contributed by atoms with van der Waals surface area (Å²) in [4.78, 5) is 6.88. The Morgan fingerprint density at radius 3 is 2.63 bits per heavy atom. The van der Waals surface area contributed by atoms with Gasteiger partial charge in [0, 0.05) is 32.3 Å². The first-order chi connectivity index (χ1) is 13.3. The number of halogens is 1. The van der Waals surface area contributed by atoms with Crippen LogP contribution in [0.4, 0.5) is 15.3 Å². The predicted octanol–water partition coefficient (Wildman–Crippen LogP) is 4.27. The van der Waals surface area contributed by atoms with Gasteiger partial charge in [-0.15, -0.1) is 10.2 Å². The normalized spacial score (nSPS) is 14.3. The number of pyridine rings is 1. The molecule has 1 aromatic carbocycles. The van der Waals surface area contributed by atoms with E-state index in [-0.39, 0.29) is 5.82 Å². The van der Waals surface area contributed by atoms with Crippen LogP contribution in [0.3, 0.4) is 0 Å². The van der Waals surface area contributed by atoms with Crippen molar-refractivity contribution < 1.29 is 4.39 Å². The molecule has 4 rings (SSSR count). The number of rotatable bonds is 6. The first-order valence-electron chi connectivity index (χ1n) is 9.27. The minimum absolute atomic E-state index is 0.223. The minimum Gasteiger partial charge on any atom is -0.357 e. The van der Waals surface area contributed by atoms with Gasteiger partial charge in [-0.3, -0.25) is 0 Å². The molecule has 3 heterocycles. The number of hydrogen-bond acceptors (Lipinski definition) is 6. The number of nitrogens with one attached hydrogen (secondary N) is 1. The second kappa shape index (κ2) is 8.43. The fourth-order valence-electron chi connectivity index (χ4n) is 3.22. The zero-order valence-electron chi connectivity index (χ0n) is 15.1. The van der Waals surface area contributed by atoms with Crippen molar-refractivity contribution in [2.75, 3.05) is 23.3 Å². The van der Waals surface area contributed by atoms with Crippen LogP contribution >= 0.6 is 11.3 Å². The fraction of sp³-hybridized carbons (Fsp3) is 0.350. The average molecular weight is 383 g/mol. The van der Waals surface area contributed by atoms with E-state index in [1.165, 1.54) is 48.3 Å². The van der Waals surface area contributed by atoms with Crippen molar-refractivity contribution in [1.82, 2.24) is 15.2 Å². The maximum absolute atomic E-state index is 13.0. The maximum Gasteiger partial charge on any atom is 0.205 e. The third kappa shape index (κ3) is 4.80. The summed E-state index contributed by atoms with van der Waals surface area (Å²) >= 11 is 1.53. The maximum atomic E-state index is 13.0. The zero-order chi connectivity index (χ0) is 18.5. The molecule has 2 aromatic heterocycles. The molecule has 7 heteroatoms. The summed E-state index contributed by atoms with van der Waals surface area (Å²) in [5.41, 5.74) is 2.21. The van der Waals surface area contributed by atoms with Crippen LogP contribution in [0.25, 0.3) is 0 Å². The van der Waals surface area contributed by atoms with Gasteiger partial charge in [-0.1, -0.05) is 23.5 Å². The number of anilines is 2. The van der Waals surface area contributed by atoms with Crippen molar-refractivity contribution in [1.29, 1.82) is 0 Å². The molecule has 140 valence electrons. The quantitative estimate of drug-likeness (QED) is 0.689. The Kier molecular flexibility index (Phi) is 5.58. The summed E-state index contributed by atoms with van der Waals surface area (Å²) in [7, 11) is 0. The van der Waals surface area contributed by atoms with Crippen LogP contribution in [0.15, 0.2) is 42.6 Å². The molecule has 0 radical (unpaired) electrons. The molecule has 27 heavy (non-hydrogen) atoms. The molecule has 0 amide bonds. The van der Waals surface area contributed by atoms with Gasteiger partial charge in [0.05, 0.1) is 0 Å². The van der Waals surface area contributed by atoms with Crippen molar-refractivity contribution >= 4 is 22.3 Å². The highest BCUT2D eigenvalue weighted by molar-refractivity contribution is 7.15. The first-order valence-corrected chi connectivity index (χ1v) is 10.1. The molecule has 0 aliphatic carbocycles. The van der Waals surface area contributed by atoms with Gasteiger partial charge >= 0.3 is 0 Å². The molecule has 1 saturated heterocycles. The molecule has 5 nitrogen and oxygen atoms in total. The van der Waals surface area contributed by atoms with E-state index in [4.69, 9.17) is 0 Å². The minimum atomic E-state index is -0.223. The van der Waals surface area contributed by atoms with Crippen molar-refractivity contribution in [3.05, 3.63) is 64.5 Å². The van der Waals surface area contributed by atoms with Gasteiger partial charge in [-0.2, -0.15) is 0 Å². The summed E-state index contributed by atoms with van der Waals surface area (Å²) in [5.74, 6) is 0.836. The zero-order valence-corrected chi connectivity index (χ0v) is 15.9. The second-order valence-corrected chi connectivity index (χ2v) is 7.79. The smallest absolute Gasteiger partial charge is 0.205 e. The number of benzene rings is 1. The van der Waals surface area contributed by atoms with E-state index in [2.05, 4.69) is 31.5 Å². The van der Waals surface area contributed by atoms with Crippen molar-refractivity contribution in [2.24, 2.45) is 0 Å². The summed E-state index contributed by atoms with van der Waals surface area (Å²) in [6.07, 6.45) is 6.33. The Hall–Kier alpha value is -2.54. The predicted molar refractivity (Wildman–Crippen MR) is 107 cm³/mol. The van der Waals surface area contributed by atoms with E-state index < -0.39 is 0 Å². The van der Waals surface area contributed by atoms with Crippen LogP contribution in [0.1, 0.15) is 35.4 Å². The number of hydrogen-bond donors (Lipinski definition) is 1. The van der Waals surface area contributed by atoms with Crippen molar-refractivity contribution in [3.63, 3.8) is 0 Å². The lowest BCUT2D eigenvalue weighted by atomic mass is 10.1. The van der Waals surface area contributed by atoms with Gasteiger partial charge in [0.1, 0.15) is 16.6 Å². The van der Waals surface area contributed by atoms with E-state index in [1.54, 1.807) is 12.1 Å². The van der Waals surface area contributed by atoms with Crippen LogP contribution in [0, 0.1) is 5.82 Å². The first kappa shape index (κ1) is 17.9. The number of piperidine rings is 1. The number of nitrogens with zero attached hydrogens (tertiary/aromatic N) is 4. The Balaban J connectivity index is 1.35. The SMILES string of the molecule is Fc1ccc(Cc2nnc(NCc3ccnc(N4CCCCC4)c3)s2)cc1. The number of aromatic nitrogens is 3. The fourth-order valence-corrected chi connectivity index (χ4v) is 3.99. The van der Waals surface area contributed by atoms with Gasteiger partial charge in [0.15, 0.2) is 0 Å². The molecule has 0 saturated carbocycles. The monoisotopic (exact) mass is 383 g/mol. The molecular weight excluding hydrogens is 361 g/mol. The lowest BCUT2D eigenvalue weighted by Crippen LogP contribution is -2.30. The molecular formula is C20H22FN5S. The molecule has 0 atom stereocenters. The van der Waals surface area contributed by atoms with E-state index in [1.807, 2.05) is 12.3 Å². The van der Waals surface area contributed by atoms with Crippen molar-refractivity contribution in [3.8, 4) is 0 Å². The van der Waals surface area contributed by atoms with Crippen LogP contribution in [0.5, 0.6) is 0 Å². The highest BCUT2D eigenvalue weighted by Crippen LogP contribution is 2.21. The van der Waals surface area contributed by atoms with Crippen LogP contribution in [0.2, 0.25) is 0 Å². The van der Waals surface area contributed by atoms with Gasteiger partial charge in [-0.05, 0) is 54.7 Å². The molecule has 1 fully saturated rings. The molecule has 1 aliphatic rings. The Bertz CT molecular complexity index is 874. The van der Waals surface area contributed by atoms with Crippen molar-refractivity contribution in [2.45, 2.75) is 32.2 Å². The summed E-state index contributed by atoms with van der Waals surface area (Å²) in [5, 5.41) is 13.5. The standard InChI is InChI=1S/C20H22FN5S/c21-17-6-4-15(5-7-17)13-19-24-25-20(27-19)23-14-16-8-9-22-18(12-16)26-10-2-1-3-11-26/h4-9,12H,1-3,10-11,13-14H2,(H,23,25). The highest BCUT2D eigenvalue weighted by atomic mass is 32.1. The third-order valence-corrected chi connectivity index (χ3v) is 5.55. The molecule has 0 spiro atoms. The topological polar surface area (TPSA) is 53.9 Å². The third-order valence-electron chi connectivity index (χ3n) is 4.67. The molecule has 1 aliphatic heterocycles. The summed E-state index contributed by atoms with van der Waals surface area (Å²) in [6.45, 7) is 2.87. The van der Waals surface area contributed by atoms with Crippen LogP contribution < -0.4 is 10.2 Å². The van der Waals surface area contributed by atoms with E-state index in [9.17, 15) is 4.39 Å². The highest BCUT2D eigenvalue weighted by Gasteiger charge is 2.12. The summed E-state index contributed by atoms with van der Waals surface area (Å²) < 4.78 is 13.0. The van der Waals surface area contributed by atoms with Gasteiger partial charge in [0.2, 0.25) is 5.13 Å². The van der Waals surface area contributed by atoms with E-state index in [0.29, 0.717) is 13.0 Å². The molecule has 3 aromatic rings. The lowest BCUT2D eigenvalue weighted by molar-refractivity contribution is 0.573. The van der Waals surface area contributed by atoms with Gasteiger partial charge in [-0.25, -0.2) is 9.37 Å². The lowest BCUT2D eigenvalue weighted by Gasteiger charge is -2.27. The van der Waals surface area contributed by atoms with Gasteiger partial charge in [0.25, 0.3) is 0 Å². The van der Waals surface area contributed by atoms with Gasteiger partial charge < -0.3 is 10.2 Å². The Labute approximate surface area is 162 Å². The summed E-state index contributed by atoms with van der Waals surface area (Å²) in [6, 6.07) is 10.7. The molecule has 1 N–H and O–H groups in total. The van der Waals surface area contributed by atoms with Crippen LogP contribution in [-0.4, -0.2) is 28.3 Å².